The number of hydrogen-bond acceptors (Lipinski definition) is 4. The van der Waals surface area contributed by atoms with Crippen LogP contribution in [-0.2, 0) is 14.4 Å². The third-order valence-corrected chi connectivity index (χ3v) is 6.32. The molecule has 3 rings (SSSR count). The van der Waals surface area contributed by atoms with Crippen LogP contribution >= 0.6 is 0 Å². The summed E-state index contributed by atoms with van der Waals surface area (Å²) in [5.41, 5.74) is 0.749. The second-order valence-electron chi connectivity index (χ2n) is 8.36. The van der Waals surface area contributed by atoms with Gasteiger partial charge in [-0.05, 0) is 49.4 Å². The summed E-state index contributed by atoms with van der Waals surface area (Å²) in [6.45, 7) is 5.86. The van der Waals surface area contributed by atoms with Crippen LogP contribution in [-0.4, -0.2) is 55.4 Å². The molecule has 2 heterocycles. The Morgan fingerprint density at radius 2 is 1.83 bits per heavy atom. The summed E-state index contributed by atoms with van der Waals surface area (Å²) in [4.78, 5) is 42.1. The molecule has 0 unspecified atom stereocenters. The normalized spacial score (nSPS) is 21.3. The number of nitrogens with zero attached hydrogens (tertiary/aromatic N) is 2. The number of rotatable bonds is 7. The number of hydrogen-bond donors (Lipinski definition) is 1. The number of methoxy groups -OCH3 is 1. The van der Waals surface area contributed by atoms with Gasteiger partial charge in [-0.15, -0.1) is 0 Å². The van der Waals surface area contributed by atoms with E-state index in [2.05, 4.69) is 5.32 Å². The van der Waals surface area contributed by atoms with E-state index in [0.717, 1.165) is 44.5 Å². The minimum absolute atomic E-state index is 0.00809. The summed E-state index contributed by atoms with van der Waals surface area (Å²) in [7, 11) is 1.59. The maximum atomic E-state index is 13.1. The number of amides is 3. The van der Waals surface area contributed by atoms with Crippen molar-refractivity contribution in [2.75, 3.05) is 31.6 Å². The first kappa shape index (κ1) is 22.1. The minimum atomic E-state index is -0.536. The topological polar surface area (TPSA) is 79.0 Å². The Morgan fingerprint density at radius 3 is 2.43 bits per heavy atom. The number of ether oxygens (including phenoxy) is 1. The summed E-state index contributed by atoms with van der Waals surface area (Å²) in [5.74, 6) is 0.0114. The van der Waals surface area contributed by atoms with Crippen molar-refractivity contribution in [2.45, 2.75) is 52.0 Å². The molecule has 1 N–H and O–H groups in total. The van der Waals surface area contributed by atoms with Crippen LogP contribution in [0.15, 0.2) is 24.3 Å². The standard InChI is InChI=1S/C23H33N3O4/c1-4-16(2)21(23(29)25-12-6-5-7-13-25)24-22(28)17-14-20(27)26(15-17)18-8-10-19(30-3)11-9-18/h8-11,16-17,21H,4-7,12-15H2,1-3H3,(H,24,28)/t16-,17-,21-/m0/s1. The van der Waals surface area contributed by atoms with Crippen LogP contribution in [0.4, 0.5) is 5.69 Å². The second-order valence-corrected chi connectivity index (χ2v) is 8.36. The van der Waals surface area contributed by atoms with Crippen LogP contribution in [0.3, 0.4) is 0 Å². The van der Waals surface area contributed by atoms with Crippen molar-refractivity contribution in [3.63, 3.8) is 0 Å². The third kappa shape index (κ3) is 4.94. The van der Waals surface area contributed by atoms with Crippen molar-refractivity contribution >= 4 is 23.4 Å². The molecule has 0 bridgehead atoms. The Hall–Kier alpha value is -2.57. The number of benzene rings is 1. The lowest BCUT2D eigenvalue weighted by atomic mass is 9.95. The van der Waals surface area contributed by atoms with Crippen LogP contribution in [0.1, 0.15) is 46.0 Å². The quantitative estimate of drug-likeness (QED) is 0.742. The highest BCUT2D eigenvalue weighted by molar-refractivity contribution is 6.01. The number of carbonyl (C=O) groups is 3. The third-order valence-electron chi connectivity index (χ3n) is 6.32. The van der Waals surface area contributed by atoms with Crippen LogP contribution in [0.25, 0.3) is 0 Å². The molecule has 0 spiro atoms. The van der Waals surface area contributed by atoms with Gasteiger partial charge in [0, 0.05) is 31.7 Å². The lowest BCUT2D eigenvalue weighted by molar-refractivity contribution is -0.139. The fraction of sp³-hybridized carbons (Fsp3) is 0.609. The van der Waals surface area contributed by atoms with Crippen LogP contribution in [0.2, 0.25) is 0 Å². The Kier molecular flexibility index (Phi) is 7.34. The maximum Gasteiger partial charge on any atom is 0.245 e. The molecule has 2 fully saturated rings. The van der Waals surface area contributed by atoms with Gasteiger partial charge in [0.2, 0.25) is 17.7 Å². The molecule has 2 saturated heterocycles. The van der Waals surface area contributed by atoms with Gasteiger partial charge in [0.1, 0.15) is 11.8 Å². The fourth-order valence-corrected chi connectivity index (χ4v) is 4.16. The summed E-state index contributed by atoms with van der Waals surface area (Å²) >= 11 is 0. The van der Waals surface area contributed by atoms with Gasteiger partial charge >= 0.3 is 0 Å². The molecule has 164 valence electrons. The molecule has 1 aromatic rings. The van der Waals surface area contributed by atoms with Crippen molar-refractivity contribution < 1.29 is 19.1 Å². The highest BCUT2D eigenvalue weighted by atomic mass is 16.5. The van der Waals surface area contributed by atoms with Gasteiger partial charge in [0.05, 0.1) is 13.0 Å². The lowest BCUT2D eigenvalue weighted by Crippen LogP contribution is -2.54. The van der Waals surface area contributed by atoms with Crippen molar-refractivity contribution in [3.05, 3.63) is 24.3 Å². The number of piperidine rings is 1. The molecular formula is C23H33N3O4. The summed E-state index contributed by atoms with van der Waals surface area (Å²) in [6.07, 6.45) is 4.13. The van der Waals surface area contributed by atoms with Gasteiger partial charge < -0.3 is 19.9 Å². The maximum absolute atomic E-state index is 13.1. The number of likely N-dealkylation sites (tertiary alicyclic amines) is 1. The summed E-state index contributed by atoms with van der Waals surface area (Å²) < 4.78 is 5.16. The first-order valence-electron chi connectivity index (χ1n) is 11.0. The Bertz CT molecular complexity index is 758. The second kappa shape index (κ2) is 9.96. The first-order chi connectivity index (χ1) is 14.4. The number of nitrogens with one attached hydrogen (secondary N) is 1. The molecular weight excluding hydrogens is 382 g/mol. The molecule has 1 aromatic carbocycles. The van der Waals surface area contributed by atoms with E-state index in [9.17, 15) is 14.4 Å². The molecule has 3 amide bonds. The molecule has 2 aliphatic heterocycles. The van der Waals surface area contributed by atoms with Gasteiger partial charge in [-0.1, -0.05) is 20.3 Å². The smallest absolute Gasteiger partial charge is 0.245 e. The minimum Gasteiger partial charge on any atom is -0.497 e. The number of carbonyl (C=O) groups excluding carboxylic acids is 3. The molecule has 30 heavy (non-hydrogen) atoms. The van der Waals surface area contributed by atoms with Crippen LogP contribution < -0.4 is 15.0 Å². The van der Waals surface area contributed by atoms with Crippen molar-refractivity contribution in [1.29, 1.82) is 0 Å². The number of anilines is 1. The zero-order valence-corrected chi connectivity index (χ0v) is 18.2. The monoisotopic (exact) mass is 415 g/mol. The van der Waals surface area contributed by atoms with E-state index in [1.165, 1.54) is 0 Å². The Labute approximate surface area is 178 Å². The predicted molar refractivity (Wildman–Crippen MR) is 115 cm³/mol. The van der Waals surface area contributed by atoms with E-state index in [0.29, 0.717) is 12.3 Å². The van der Waals surface area contributed by atoms with Gasteiger partial charge in [-0.25, -0.2) is 0 Å². The van der Waals surface area contributed by atoms with Crippen LogP contribution in [0, 0.1) is 11.8 Å². The zero-order valence-electron chi connectivity index (χ0n) is 18.2. The van der Waals surface area contributed by atoms with Crippen molar-refractivity contribution in [2.24, 2.45) is 11.8 Å². The molecule has 0 aliphatic carbocycles. The van der Waals surface area contributed by atoms with Crippen molar-refractivity contribution in [1.82, 2.24) is 10.2 Å². The molecule has 2 aliphatic rings. The first-order valence-corrected chi connectivity index (χ1v) is 11.0. The molecule has 7 nitrogen and oxygen atoms in total. The summed E-state index contributed by atoms with van der Waals surface area (Å²) in [6, 6.07) is 6.70. The van der Waals surface area contributed by atoms with Crippen molar-refractivity contribution in [3.8, 4) is 5.75 Å². The van der Waals surface area contributed by atoms with Crippen LogP contribution in [0.5, 0.6) is 5.75 Å². The molecule has 0 saturated carbocycles. The van der Waals surface area contributed by atoms with Gasteiger partial charge in [0.25, 0.3) is 0 Å². The highest BCUT2D eigenvalue weighted by Crippen LogP contribution is 2.27. The van der Waals surface area contributed by atoms with Gasteiger partial charge in [-0.3, -0.25) is 14.4 Å². The lowest BCUT2D eigenvalue weighted by Gasteiger charge is -2.33. The Balaban J connectivity index is 1.66. The van der Waals surface area contributed by atoms with E-state index >= 15 is 0 Å². The van der Waals surface area contributed by atoms with E-state index in [-0.39, 0.29) is 30.1 Å². The highest BCUT2D eigenvalue weighted by Gasteiger charge is 2.38. The SMILES string of the molecule is CC[C@H](C)[C@H](NC(=O)[C@H]1CC(=O)N(c2ccc(OC)cc2)C1)C(=O)N1CCCCC1. The zero-order chi connectivity index (χ0) is 21.7. The predicted octanol–water partition coefficient (Wildman–Crippen LogP) is 2.59. The van der Waals surface area contributed by atoms with E-state index in [4.69, 9.17) is 4.74 Å². The molecule has 0 aromatic heterocycles. The van der Waals surface area contributed by atoms with Gasteiger partial charge in [0.15, 0.2) is 0 Å². The molecule has 7 heteroatoms. The van der Waals surface area contributed by atoms with E-state index in [1.807, 2.05) is 30.9 Å². The average molecular weight is 416 g/mol. The Morgan fingerprint density at radius 1 is 1.17 bits per heavy atom. The molecule has 0 radical (unpaired) electrons. The fourth-order valence-electron chi connectivity index (χ4n) is 4.16. The summed E-state index contributed by atoms with van der Waals surface area (Å²) in [5, 5.41) is 2.99. The van der Waals surface area contributed by atoms with Gasteiger partial charge in [-0.2, -0.15) is 0 Å². The van der Waals surface area contributed by atoms with E-state index < -0.39 is 12.0 Å². The molecule has 3 atom stereocenters. The average Bonchev–Trinajstić information content (AvgIpc) is 3.18. The largest absolute Gasteiger partial charge is 0.497 e. The van der Waals surface area contributed by atoms with E-state index in [1.54, 1.807) is 24.1 Å².